The first-order chi connectivity index (χ1) is 15.1. The van der Waals surface area contributed by atoms with Gasteiger partial charge in [0.2, 0.25) is 5.91 Å². The quantitative estimate of drug-likeness (QED) is 0.565. The van der Waals surface area contributed by atoms with E-state index in [1.54, 1.807) is 26.4 Å². The first kappa shape index (κ1) is 21.3. The van der Waals surface area contributed by atoms with Gasteiger partial charge in [0, 0.05) is 37.3 Å². The smallest absolute Gasteiger partial charge is 0.250 e. The number of aromatic nitrogens is 1. The van der Waals surface area contributed by atoms with Gasteiger partial charge >= 0.3 is 0 Å². The molecule has 1 saturated heterocycles. The Morgan fingerprint density at radius 3 is 2.81 bits per heavy atom. The van der Waals surface area contributed by atoms with Gasteiger partial charge < -0.3 is 14.2 Å². The van der Waals surface area contributed by atoms with Crippen molar-refractivity contribution in [1.29, 1.82) is 0 Å². The number of hydrogen-bond donors (Lipinski definition) is 1. The first-order valence-electron chi connectivity index (χ1n) is 10.1. The Morgan fingerprint density at radius 2 is 2.03 bits per heavy atom. The Bertz CT molecular complexity index is 1090. The number of carbonyl (C=O) groups is 1. The molecule has 0 bridgehead atoms. The number of ether oxygens (including phenoxy) is 3. The molecule has 1 aromatic heterocycles. The second-order valence-corrected chi connectivity index (χ2v) is 8.17. The van der Waals surface area contributed by atoms with Crippen LogP contribution in [0.2, 0.25) is 0 Å². The number of methoxy groups -OCH3 is 2. The van der Waals surface area contributed by atoms with Gasteiger partial charge in [0.1, 0.15) is 11.5 Å². The molecule has 0 atom stereocenters. The van der Waals surface area contributed by atoms with E-state index in [-0.39, 0.29) is 5.91 Å². The average Bonchev–Trinajstić information content (AvgIpc) is 3.19. The zero-order chi connectivity index (χ0) is 21.6. The number of amides is 1. The summed E-state index contributed by atoms with van der Waals surface area (Å²) in [6.07, 6.45) is 3.18. The summed E-state index contributed by atoms with van der Waals surface area (Å²) in [6.45, 7) is 4.37. The van der Waals surface area contributed by atoms with E-state index in [2.05, 4.69) is 27.3 Å². The second kappa shape index (κ2) is 9.91. The Balaban J connectivity index is 1.42. The number of nitrogens with zero attached hydrogens (tertiary/aromatic N) is 2. The van der Waals surface area contributed by atoms with Crippen molar-refractivity contribution in [3.8, 4) is 11.5 Å². The van der Waals surface area contributed by atoms with Gasteiger partial charge in [-0.3, -0.25) is 15.0 Å². The van der Waals surface area contributed by atoms with Crippen LogP contribution in [0.5, 0.6) is 11.5 Å². The van der Waals surface area contributed by atoms with Gasteiger partial charge in [-0.2, -0.15) is 0 Å². The molecular formula is C23H25N3O4S. The van der Waals surface area contributed by atoms with Crippen LogP contribution in [-0.4, -0.2) is 56.3 Å². The van der Waals surface area contributed by atoms with E-state index in [9.17, 15) is 4.79 Å². The van der Waals surface area contributed by atoms with Gasteiger partial charge in [0.25, 0.3) is 0 Å². The molecule has 1 N–H and O–H groups in total. The fourth-order valence-electron chi connectivity index (χ4n) is 3.41. The lowest BCUT2D eigenvalue weighted by Gasteiger charge is -2.26. The van der Waals surface area contributed by atoms with E-state index in [0.717, 1.165) is 48.6 Å². The Hall–Kier alpha value is -2.94. The molecule has 31 heavy (non-hydrogen) atoms. The van der Waals surface area contributed by atoms with Crippen molar-refractivity contribution in [2.75, 3.05) is 45.8 Å². The number of nitrogens with one attached hydrogen (secondary N) is 1. The molecule has 1 amide bonds. The molecular weight excluding hydrogens is 414 g/mol. The summed E-state index contributed by atoms with van der Waals surface area (Å²) in [5.74, 6) is 1.09. The van der Waals surface area contributed by atoms with Crippen LogP contribution in [0.3, 0.4) is 0 Å². The van der Waals surface area contributed by atoms with E-state index in [1.807, 2.05) is 18.2 Å². The van der Waals surface area contributed by atoms with E-state index in [0.29, 0.717) is 16.6 Å². The zero-order valence-electron chi connectivity index (χ0n) is 17.6. The summed E-state index contributed by atoms with van der Waals surface area (Å²) < 4.78 is 17.0. The van der Waals surface area contributed by atoms with Gasteiger partial charge in [-0.05, 0) is 35.9 Å². The fourth-order valence-corrected chi connectivity index (χ4v) is 4.34. The predicted octanol–water partition coefficient (Wildman–Crippen LogP) is 3.80. The summed E-state index contributed by atoms with van der Waals surface area (Å²) >= 11 is 1.47. The molecule has 0 aliphatic carbocycles. The van der Waals surface area contributed by atoms with Crippen molar-refractivity contribution < 1.29 is 19.0 Å². The predicted molar refractivity (Wildman–Crippen MR) is 123 cm³/mol. The summed E-state index contributed by atoms with van der Waals surface area (Å²) in [4.78, 5) is 19.3. The number of hydrogen-bond acceptors (Lipinski definition) is 7. The molecule has 1 fully saturated rings. The minimum absolute atomic E-state index is 0.245. The normalized spacial score (nSPS) is 14.8. The third-order valence-electron chi connectivity index (χ3n) is 5.05. The maximum Gasteiger partial charge on any atom is 0.250 e. The lowest BCUT2D eigenvalue weighted by atomic mass is 10.1. The maximum atomic E-state index is 12.4. The molecule has 0 saturated carbocycles. The minimum Gasteiger partial charge on any atom is -0.497 e. The van der Waals surface area contributed by atoms with Crippen LogP contribution in [0.1, 0.15) is 11.1 Å². The Morgan fingerprint density at radius 1 is 1.19 bits per heavy atom. The molecule has 7 nitrogen and oxygen atoms in total. The maximum absolute atomic E-state index is 12.4. The summed E-state index contributed by atoms with van der Waals surface area (Å²) in [5, 5.41) is 3.43. The van der Waals surface area contributed by atoms with Crippen LogP contribution in [0.4, 0.5) is 5.13 Å². The Labute approximate surface area is 185 Å². The van der Waals surface area contributed by atoms with Gasteiger partial charge in [-0.25, -0.2) is 4.98 Å². The molecule has 1 aliphatic heterocycles. The summed E-state index contributed by atoms with van der Waals surface area (Å²) in [7, 11) is 3.18. The molecule has 0 radical (unpaired) electrons. The largest absolute Gasteiger partial charge is 0.497 e. The topological polar surface area (TPSA) is 72.9 Å². The molecule has 2 aromatic carbocycles. The number of carbonyl (C=O) groups excluding carboxylic acids is 1. The van der Waals surface area contributed by atoms with Crippen LogP contribution in [0.25, 0.3) is 16.3 Å². The second-order valence-electron chi connectivity index (χ2n) is 7.14. The van der Waals surface area contributed by atoms with E-state index in [4.69, 9.17) is 14.2 Å². The van der Waals surface area contributed by atoms with Crippen molar-refractivity contribution >= 4 is 38.7 Å². The number of thiazole rings is 1. The molecule has 162 valence electrons. The monoisotopic (exact) mass is 439 g/mol. The van der Waals surface area contributed by atoms with Gasteiger partial charge in [-0.1, -0.05) is 17.4 Å². The van der Waals surface area contributed by atoms with Gasteiger partial charge in [-0.15, -0.1) is 0 Å². The lowest BCUT2D eigenvalue weighted by molar-refractivity contribution is -0.111. The number of rotatable bonds is 7. The average molecular weight is 440 g/mol. The highest BCUT2D eigenvalue weighted by molar-refractivity contribution is 7.22. The van der Waals surface area contributed by atoms with Crippen LogP contribution in [0, 0.1) is 0 Å². The van der Waals surface area contributed by atoms with Crippen molar-refractivity contribution in [3.05, 3.63) is 53.6 Å². The van der Waals surface area contributed by atoms with E-state index in [1.165, 1.54) is 23.0 Å². The number of anilines is 1. The third kappa shape index (κ3) is 5.41. The lowest BCUT2D eigenvalue weighted by Crippen LogP contribution is -2.35. The minimum atomic E-state index is -0.245. The molecule has 3 aromatic rings. The zero-order valence-corrected chi connectivity index (χ0v) is 18.4. The highest BCUT2D eigenvalue weighted by Crippen LogP contribution is 2.28. The number of fused-ring (bicyclic) bond motifs is 1. The molecule has 0 unspecified atom stereocenters. The SMILES string of the molecule is COc1ccc(/C=C/C(=O)Nc2nc3ccc(CN4CCOCC4)cc3s2)c(OC)c1. The fraction of sp³-hybridized carbons (Fsp3) is 0.304. The van der Waals surface area contributed by atoms with Crippen molar-refractivity contribution in [2.24, 2.45) is 0 Å². The van der Waals surface area contributed by atoms with E-state index < -0.39 is 0 Å². The van der Waals surface area contributed by atoms with Crippen LogP contribution < -0.4 is 14.8 Å². The molecule has 2 heterocycles. The molecule has 1 aliphatic rings. The first-order valence-corrected chi connectivity index (χ1v) is 10.9. The number of benzene rings is 2. The number of morpholine rings is 1. The highest BCUT2D eigenvalue weighted by Gasteiger charge is 2.12. The molecule has 0 spiro atoms. The van der Waals surface area contributed by atoms with E-state index >= 15 is 0 Å². The molecule has 8 heteroatoms. The van der Waals surface area contributed by atoms with Crippen molar-refractivity contribution in [2.45, 2.75) is 6.54 Å². The van der Waals surface area contributed by atoms with Gasteiger partial charge in [0.05, 0.1) is 37.6 Å². The third-order valence-corrected chi connectivity index (χ3v) is 5.98. The van der Waals surface area contributed by atoms with Crippen LogP contribution in [0.15, 0.2) is 42.5 Å². The van der Waals surface area contributed by atoms with Crippen LogP contribution >= 0.6 is 11.3 Å². The highest BCUT2D eigenvalue weighted by atomic mass is 32.1. The Kier molecular flexibility index (Phi) is 6.81. The van der Waals surface area contributed by atoms with Crippen molar-refractivity contribution in [1.82, 2.24) is 9.88 Å². The standard InChI is InChI=1S/C23H25N3O4S/c1-28-18-6-4-17(20(14-18)29-2)5-8-22(27)25-23-24-19-7-3-16(13-21(19)31-23)15-26-9-11-30-12-10-26/h3-8,13-14H,9-12,15H2,1-2H3,(H,24,25,27)/b8-5+. The van der Waals surface area contributed by atoms with Crippen molar-refractivity contribution in [3.63, 3.8) is 0 Å². The summed E-state index contributed by atoms with van der Waals surface area (Å²) in [6, 6.07) is 11.7. The van der Waals surface area contributed by atoms with Crippen LogP contribution in [-0.2, 0) is 16.1 Å². The van der Waals surface area contributed by atoms with Gasteiger partial charge in [0.15, 0.2) is 5.13 Å². The molecule has 4 rings (SSSR count). The summed E-state index contributed by atoms with van der Waals surface area (Å²) in [5.41, 5.74) is 2.91.